The molecule has 0 aromatic carbocycles. The fourth-order valence-corrected chi connectivity index (χ4v) is 1.69. The molecule has 16 heavy (non-hydrogen) atoms. The summed E-state index contributed by atoms with van der Waals surface area (Å²) >= 11 is 0. The number of Topliss-reactive ketones (excluding diaryl/α,β-unsaturated/α-hetero) is 1. The van der Waals surface area contributed by atoms with Gasteiger partial charge in [-0.3, -0.25) is 14.2 Å². The van der Waals surface area contributed by atoms with Crippen LogP contribution in [0.5, 0.6) is 0 Å². The fourth-order valence-electron chi connectivity index (χ4n) is 1.69. The summed E-state index contributed by atoms with van der Waals surface area (Å²) in [5.74, 6) is 0.285. The molecule has 0 radical (unpaired) electrons. The van der Waals surface area contributed by atoms with E-state index in [0.29, 0.717) is 12.3 Å². The molecule has 0 saturated heterocycles. The maximum Gasteiger partial charge on any atom is 0.330 e. The van der Waals surface area contributed by atoms with Crippen LogP contribution in [0.15, 0.2) is 15.8 Å². The summed E-state index contributed by atoms with van der Waals surface area (Å²) in [4.78, 5) is 34.9. The van der Waals surface area contributed by atoms with Crippen LogP contribution in [0.1, 0.15) is 29.6 Å². The molecule has 0 atom stereocenters. The van der Waals surface area contributed by atoms with E-state index in [0.717, 1.165) is 17.4 Å². The predicted molar refractivity (Wildman–Crippen MR) is 58.6 cm³/mol. The standard InChI is InChI=1S/C11H14N2O3/c1-12-6-8(9(14)5-7-3-4-7)10(15)13(2)11(12)16/h6-7H,3-5H2,1-2H3. The molecule has 1 aliphatic carbocycles. The van der Waals surface area contributed by atoms with Crippen LogP contribution in [0.25, 0.3) is 0 Å². The Hall–Kier alpha value is -1.65. The maximum atomic E-state index is 11.8. The zero-order valence-corrected chi connectivity index (χ0v) is 9.40. The second-order valence-electron chi connectivity index (χ2n) is 4.37. The lowest BCUT2D eigenvalue weighted by molar-refractivity contribution is 0.0973. The topological polar surface area (TPSA) is 61.1 Å². The summed E-state index contributed by atoms with van der Waals surface area (Å²) < 4.78 is 2.24. The fraction of sp³-hybridized carbons (Fsp3) is 0.545. The Balaban J connectivity index is 2.44. The van der Waals surface area contributed by atoms with Gasteiger partial charge in [0.2, 0.25) is 0 Å². The lowest BCUT2D eigenvalue weighted by Crippen LogP contribution is -2.39. The van der Waals surface area contributed by atoms with Gasteiger partial charge in [-0.2, -0.15) is 0 Å². The number of carbonyl (C=O) groups is 1. The molecular formula is C11H14N2O3. The van der Waals surface area contributed by atoms with Gasteiger partial charge < -0.3 is 4.57 Å². The number of nitrogens with zero attached hydrogens (tertiary/aromatic N) is 2. The van der Waals surface area contributed by atoms with Crippen LogP contribution in [0, 0.1) is 5.92 Å². The lowest BCUT2D eigenvalue weighted by atomic mass is 10.1. The number of rotatable bonds is 3. The molecule has 1 saturated carbocycles. The first kappa shape index (κ1) is 10.9. The van der Waals surface area contributed by atoms with Gasteiger partial charge in [-0.25, -0.2) is 4.79 Å². The van der Waals surface area contributed by atoms with Gasteiger partial charge in [0.25, 0.3) is 5.56 Å². The quantitative estimate of drug-likeness (QED) is 0.680. The average Bonchev–Trinajstić information content (AvgIpc) is 3.04. The molecule has 5 nitrogen and oxygen atoms in total. The molecule has 0 unspecified atom stereocenters. The number of carbonyl (C=O) groups excluding carboxylic acids is 1. The van der Waals surface area contributed by atoms with Crippen molar-refractivity contribution < 1.29 is 4.79 Å². The Morgan fingerprint density at radius 2 is 2.00 bits per heavy atom. The third-order valence-electron chi connectivity index (χ3n) is 2.92. The third kappa shape index (κ3) is 1.85. The number of aromatic nitrogens is 2. The van der Waals surface area contributed by atoms with E-state index in [1.165, 1.54) is 24.9 Å². The van der Waals surface area contributed by atoms with E-state index in [4.69, 9.17) is 0 Å². The summed E-state index contributed by atoms with van der Waals surface area (Å²) in [6.07, 6.45) is 3.90. The smallest absolute Gasteiger partial charge is 0.303 e. The van der Waals surface area contributed by atoms with Crippen LogP contribution >= 0.6 is 0 Å². The molecule has 0 spiro atoms. The third-order valence-corrected chi connectivity index (χ3v) is 2.92. The first-order valence-electron chi connectivity index (χ1n) is 5.30. The van der Waals surface area contributed by atoms with E-state index in [1.54, 1.807) is 0 Å². The first-order valence-corrected chi connectivity index (χ1v) is 5.30. The lowest BCUT2D eigenvalue weighted by Gasteiger charge is -2.05. The van der Waals surface area contributed by atoms with Gasteiger partial charge in [0, 0.05) is 26.7 Å². The average molecular weight is 222 g/mol. The molecule has 86 valence electrons. The van der Waals surface area contributed by atoms with E-state index in [9.17, 15) is 14.4 Å². The molecular weight excluding hydrogens is 208 g/mol. The molecule has 1 aliphatic rings. The molecule has 0 aliphatic heterocycles. The van der Waals surface area contributed by atoms with E-state index in [1.807, 2.05) is 0 Å². The van der Waals surface area contributed by atoms with Crippen LogP contribution in [-0.4, -0.2) is 14.9 Å². The molecule has 1 aromatic rings. The van der Waals surface area contributed by atoms with Gasteiger partial charge in [0.05, 0.1) is 5.56 Å². The van der Waals surface area contributed by atoms with E-state index in [2.05, 4.69) is 0 Å². The largest absolute Gasteiger partial charge is 0.330 e. The van der Waals surface area contributed by atoms with Crippen molar-refractivity contribution in [3.05, 3.63) is 32.6 Å². The highest BCUT2D eigenvalue weighted by Crippen LogP contribution is 2.33. The Labute approximate surface area is 92.3 Å². The van der Waals surface area contributed by atoms with Crippen molar-refractivity contribution in [2.75, 3.05) is 0 Å². The van der Waals surface area contributed by atoms with Crippen LogP contribution in [-0.2, 0) is 14.1 Å². The Morgan fingerprint density at radius 3 is 2.56 bits per heavy atom. The summed E-state index contributed by atoms with van der Waals surface area (Å²) in [5, 5.41) is 0. The molecule has 0 N–H and O–H groups in total. The van der Waals surface area contributed by atoms with E-state index in [-0.39, 0.29) is 11.3 Å². The highest BCUT2D eigenvalue weighted by atomic mass is 16.2. The molecule has 1 heterocycles. The highest BCUT2D eigenvalue weighted by molar-refractivity contribution is 5.95. The van der Waals surface area contributed by atoms with Crippen LogP contribution in [0.3, 0.4) is 0 Å². The summed E-state index contributed by atoms with van der Waals surface area (Å²) in [5.41, 5.74) is -0.779. The monoisotopic (exact) mass is 222 g/mol. The molecule has 5 heteroatoms. The van der Waals surface area contributed by atoms with Crippen molar-refractivity contribution in [3.63, 3.8) is 0 Å². The van der Waals surface area contributed by atoms with E-state index >= 15 is 0 Å². The molecule has 1 fully saturated rings. The van der Waals surface area contributed by atoms with Crippen LogP contribution in [0.2, 0.25) is 0 Å². The summed E-state index contributed by atoms with van der Waals surface area (Å²) in [7, 11) is 2.92. The first-order chi connectivity index (χ1) is 7.50. The predicted octanol–water partition coefficient (Wildman–Crippen LogP) is 0.0668. The normalized spacial score (nSPS) is 15.1. The van der Waals surface area contributed by atoms with Crippen molar-refractivity contribution in [2.24, 2.45) is 20.0 Å². The second-order valence-corrected chi connectivity index (χ2v) is 4.37. The minimum absolute atomic E-state index is 0.122. The Kier molecular flexibility index (Phi) is 2.53. The zero-order chi connectivity index (χ0) is 11.9. The Bertz CT molecular complexity index is 549. The number of aryl methyl sites for hydroxylation is 1. The zero-order valence-electron chi connectivity index (χ0n) is 9.40. The van der Waals surface area contributed by atoms with E-state index < -0.39 is 11.2 Å². The molecule has 2 rings (SSSR count). The second kappa shape index (κ2) is 3.73. The van der Waals surface area contributed by atoms with Gasteiger partial charge in [0.15, 0.2) is 5.78 Å². The van der Waals surface area contributed by atoms with Gasteiger partial charge >= 0.3 is 5.69 Å². The molecule has 0 amide bonds. The summed E-state index contributed by atoms with van der Waals surface area (Å²) in [6.45, 7) is 0. The van der Waals surface area contributed by atoms with Crippen molar-refractivity contribution in [1.29, 1.82) is 0 Å². The number of hydrogen-bond donors (Lipinski definition) is 0. The summed E-state index contributed by atoms with van der Waals surface area (Å²) in [6, 6.07) is 0. The van der Waals surface area contributed by atoms with Gasteiger partial charge in [-0.05, 0) is 18.8 Å². The van der Waals surface area contributed by atoms with Crippen LogP contribution in [0.4, 0.5) is 0 Å². The van der Waals surface area contributed by atoms with Crippen molar-refractivity contribution in [2.45, 2.75) is 19.3 Å². The van der Waals surface area contributed by atoms with Gasteiger partial charge in [0.1, 0.15) is 0 Å². The highest BCUT2D eigenvalue weighted by Gasteiger charge is 2.26. The minimum atomic E-state index is -0.492. The van der Waals surface area contributed by atoms with Gasteiger partial charge in [-0.15, -0.1) is 0 Å². The van der Waals surface area contributed by atoms with Crippen LogP contribution < -0.4 is 11.2 Å². The maximum absolute atomic E-state index is 11.8. The molecule has 1 aromatic heterocycles. The van der Waals surface area contributed by atoms with Gasteiger partial charge in [-0.1, -0.05) is 0 Å². The molecule has 0 bridgehead atoms. The van der Waals surface area contributed by atoms with Crippen molar-refractivity contribution in [1.82, 2.24) is 9.13 Å². The minimum Gasteiger partial charge on any atom is -0.303 e. The SMILES string of the molecule is Cn1cc(C(=O)CC2CC2)c(=O)n(C)c1=O. The van der Waals surface area contributed by atoms with Crippen molar-refractivity contribution in [3.8, 4) is 0 Å². The van der Waals surface area contributed by atoms with Crippen molar-refractivity contribution >= 4 is 5.78 Å². The number of ketones is 1. The number of hydrogen-bond acceptors (Lipinski definition) is 3. The Morgan fingerprint density at radius 1 is 1.38 bits per heavy atom.